The molecule has 1 aliphatic rings. The minimum absolute atomic E-state index is 0.0567. The number of guanidine groups is 1. The van der Waals surface area contributed by atoms with Crippen molar-refractivity contribution < 1.29 is 17.9 Å². The number of anilines is 1. The molecule has 0 bridgehead atoms. The molecule has 1 aliphatic heterocycles. The smallest absolute Gasteiger partial charge is 0.422 e. The predicted octanol–water partition coefficient (Wildman–Crippen LogP) is 2.33. The monoisotopic (exact) mass is 443 g/mol. The molecule has 0 atom stereocenters. The maximum absolute atomic E-state index is 12.3. The summed E-state index contributed by atoms with van der Waals surface area (Å²) in [5.41, 5.74) is 0.753. The summed E-state index contributed by atoms with van der Waals surface area (Å²) in [5.74, 6) is 1.54. The van der Waals surface area contributed by atoms with Crippen LogP contribution in [0.3, 0.4) is 0 Å². The number of piperazine rings is 1. The van der Waals surface area contributed by atoms with E-state index < -0.39 is 12.8 Å². The number of rotatable bonds is 6. The van der Waals surface area contributed by atoms with Crippen molar-refractivity contribution >= 4 is 22.6 Å². The molecule has 1 saturated heterocycles. The average Bonchev–Trinajstić information content (AvgIpc) is 3.22. The van der Waals surface area contributed by atoms with Gasteiger partial charge < -0.3 is 19.9 Å². The zero-order valence-corrected chi connectivity index (χ0v) is 17.6. The lowest BCUT2D eigenvalue weighted by Crippen LogP contribution is -2.52. The quantitative estimate of drug-likeness (QED) is 0.542. The van der Waals surface area contributed by atoms with Crippen molar-refractivity contribution in [1.29, 1.82) is 0 Å². The first kappa shape index (κ1) is 22.1. The largest absolute Gasteiger partial charge is 0.468 e. The maximum atomic E-state index is 12.3. The molecule has 164 valence electrons. The van der Waals surface area contributed by atoms with Crippen molar-refractivity contribution in [1.82, 2.24) is 24.6 Å². The van der Waals surface area contributed by atoms with Crippen LogP contribution in [0.25, 0.3) is 0 Å². The molecule has 30 heavy (non-hydrogen) atoms. The van der Waals surface area contributed by atoms with Gasteiger partial charge in [0.05, 0.1) is 0 Å². The summed E-state index contributed by atoms with van der Waals surface area (Å²) < 4.78 is 46.0. The van der Waals surface area contributed by atoms with E-state index >= 15 is 0 Å². The molecular weight excluding hydrogens is 419 g/mol. The maximum Gasteiger partial charge on any atom is 0.422 e. The number of nitrogens with one attached hydrogen (secondary N) is 1. The Morgan fingerprint density at radius 2 is 2.07 bits per heavy atom. The van der Waals surface area contributed by atoms with Gasteiger partial charge in [-0.3, -0.25) is 4.99 Å². The first-order chi connectivity index (χ1) is 14.4. The van der Waals surface area contributed by atoms with Crippen molar-refractivity contribution in [3.8, 4) is 5.88 Å². The summed E-state index contributed by atoms with van der Waals surface area (Å²) >= 11 is 1.42. The van der Waals surface area contributed by atoms with Crippen LogP contribution in [0.1, 0.15) is 18.3 Å². The van der Waals surface area contributed by atoms with Crippen LogP contribution in [0.2, 0.25) is 0 Å². The number of halogens is 3. The molecule has 0 aromatic carbocycles. The number of hydrogen-bond acceptors (Lipinski definition) is 7. The van der Waals surface area contributed by atoms with E-state index in [1.165, 1.54) is 23.8 Å². The molecule has 0 spiro atoms. The molecule has 3 rings (SSSR count). The lowest BCUT2D eigenvalue weighted by atomic mass is 10.2. The number of hydrogen-bond donors (Lipinski definition) is 1. The Morgan fingerprint density at radius 3 is 2.70 bits per heavy atom. The van der Waals surface area contributed by atoms with Crippen LogP contribution in [0.5, 0.6) is 5.88 Å². The summed E-state index contributed by atoms with van der Waals surface area (Å²) in [4.78, 5) is 17.0. The second-order valence-electron chi connectivity index (χ2n) is 6.63. The summed E-state index contributed by atoms with van der Waals surface area (Å²) in [7, 11) is 1.71. The lowest BCUT2D eigenvalue weighted by molar-refractivity contribution is -0.154. The van der Waals surface area contributed by atoms with Crippen LogP contribution in [-0.2, 0) is 13.0 Å². The van der Waals surface area contributed by atoms with E-state index in [1.807, 2.05) is 6.92 Å². The fourth-order valence-electron chi connectivity index (χ4n) is 2.93. The van der Waals surface area contributed by atoms with Crippen molar-refractivity contribution in [3.63, 3.8) is 0 Å². The molecule has 0 saturated carbocycles. The lowest BCUT2D eigenvalue weighted by Gasteiger charge is -2.36. The highest BCUT2D eigenvalue weighted by Gasteiger charge is 2.28. The Kier molecular flexibility index (Phi) is 7.29. The number of aliphatic imine (C=N–C) groups is 1. The van der Waals surface area contributed by atoms with Crippen molar-refractivity contribution in [2.45, 2.75) is 26.1 Å². The molecule has 1 N–H and O–H groups in total. The van der Waals surface area contributed by atoms with Gasteiger partial charge in [0.15, 0.2) is 12.6 Å². The molecule has 2 aromatic rings. The van der Waals surface area contributed by atoms with E-state index in [1.54, 1.807) is 13.1 Å². The summed E-state index contributed by atoms with van der Waals surface area (Å²) in [6, 6.07) is 3.21. The Hall–Kier alpha value is -2.63. The summed E-state index contributed by atoms with van der Waals surface area (Å²) in [5, 5.41) is 4.19. The topological polar surface area (TPSA) is 78.8 Å². The third-order valence-corrected chi connectivity index (χ3v) is 5.28. The fraction of sp³-hybridized carbons (Fsp3) is 0.556. The molecule has 12 heteroatoms. The second-order valence-corrected chi connectivity index (χ2v) is 7.36. The van der Waals surface area contributed by atoms with Crippen molar-refractivity contribution in [2.75, 3.05) is 44.7 Å². The van der Waals surface area contributed by atoms with Gasteiger partial charge in [-0.1, -0.05) is 6.92 Å². The molecular formula is C18H24F3N7OS. The second kappa shape index (κ2) is 9.92. The summed E-state index contributed by atoms with van der Waals surface area (Å²) in [6.45, 7) is 4.24. The zero-order valence-electron chi connectivity index (χ0n) is 16.8. The summed E-state index contributed by atoms with van der Waals surface area (Å²) in [6.07, 6.45) is -2.14. The minimum atomic E-state index is -4.40. The normalized spacial score (nSPS) is 15.4. The Labute approximate surface area is 177 Å². The number of ether oxygens (including phenoxy) is 1. The zero-order chi connectivity index (χ0) is 21.6. The average molecular weight is 443 g/mol. The predicted molar refractivity (Wildman–Crippen MR) is 109 cm³/mol. The van der Waals surface area contributed by atoms with Crippen LogP contribution in [0.15, 0.2) is 23.3 Å². The fourth-order valence-corrected chi connectivity index (χ4v) is 3.74. The van der Waals surface area contributed by atoms with Gasteiger partial charge >= 0.3 is 6.18 Å². The molecule has 0 radical (unpaired) electrons. The highest BCUT2D eigenvalue weighted by atomic mass is 32.1. The van der Waals surface area contributed by atoms with Gasteiger partial charge in [-0.15, -0.1) is 0 Å². The first-order valence-electron chi connectivity index (χ1n) is 9.55. The standard InChI is InChI=1S/C18H24F3N7OS/c1-3-14-25-17(30-26-14)28-8-6-27(7-9-28)16(22-2)24-11-13-4-5-23-15(10-13)29-12-18(19,20)21/h4-5,10H,3,6-9,11-12H2,1-2H3,(H,22,24). The number of alkyl halides is 3. The highest BCUT2D eigenvalue weighted by Crippen LogP contribution is 2.20. The number of pyridine rings is 1. The van der Waals surface area contributed by atoms with E-state index in [0.717, 1.165) is 55.1 Å². The van der Waals surface area contributed by atoms with Gasteiger partial charge in [0.25, 0.3) is 0 Å². The van der Waals surface area contributed by atoms with Gasteiger partial charge in [-0.25, -0.2) is 9.97 Å². The molecule has 1 fully saturated rings. The molecule has 0 amide bonds. The number of aryl methyl sites for hydroxylation is 1. The van der Waals surface area contributed by atoms with E-state index in [9.17, 15) is 13.2 Å². The minimum Gasteiger partial charge on any atom is -0.468 e. The number of nitrogens with zero attached hydrogens (tertiary/aromatic N) is 6. The molecule has 0 aliphatic carbocycles. The molecule has 0 unspecified atom stereocenters. The van der Waals surface area contributed by atoms with Crippen LogP contribution < -0.4 is 15.0 Å². The van der Waals surface area contributed by atoms with Crippen molar-refractivity contribution in [3.05, 3.63) is 29.7 Å². The van der Waals surface area contributed by atoms with Gasteiger partial charge in [-0.2, -0.15) is 17.5 Å². The molecule has 2 aromatic heterocycles. The van der Waals surface area contributed by atoms with E-state index in [0.29, 0.717) is 6.54 Å². The Bertz CT molecular complexity index is 850. The van der Waals surface area contributed by atoms with Crippen LogP contribution in [0, 0.1) is 0 Å². The van der Waals surface area contributed by atoms with E-state index in [-0.39, 0.29) is 5.88 Å². The van der Waals surface area contributed by atoms with E-state index in [4.69, 9.17) is 4.74 Å². The highest BCUT2D eigenvalue weighted by molar-refractivity contribution is 7.09. The van der Waals surface area contributed by atoms with Gasteiger partial charge in [0.2, 0.25) is 11.0 Å². The number of aromatic nitrogens is 3. The van der Waals surface area contributed by atoms with Gasteiger partial charge in [-0.05, 0) is 11.6 Å². The molecule has 8 nitrogen and oxygen atoms in total. The Morgan fingerprint density at radius 1 is 1.30 bits per heavy atom. The van der Waals surface area contributed by atoms with E-state index in [2.05, 4.69) is 34.5 Å². The molecule has 3 heterocycles. The SMILES string of the molecule is CCc1nsc(N2CCN(C(=NC)NCc3ccnc(OCC(F)(F)F)c3)CC2)n1. The third-order valence-electron chi connectivity index (χ3n) is 4.47. The first-order valence-corrected chi connectivity index (χ1v) is 10.3. The third kappa shape index (κ3) is 6.18. The Balaban J connectivity index is 1.50. The van der Waals surface area contributed by atoms with Crippen molar-refractivity contribution in [2.24, 2.45) is 4.99 Å². The van der Waals surface area contributed by atoms with Gasteiger partial charge in [0.1, 0.15) is 5.82 Å². The van der Waals surface area contributed by atoms with Crippen LogP contribution in [-0.4, -0.2) is 71.2 Å². The van der Waals surface area contributed by atoms with Crippen LogP contribution >= 0.6 is 11.5 Å². The van der Waals surface area contributed by atoms with Crippen LogP contribution in [0.4, 0.5) is 18.3 Å². The van der Waals surface area contributed by atoms with Gasteiger partial charge in [0, 0.05) is 70.0 Å².